The quantitative estimate of drug-likeness (QED) is 0.346. The van der Waals surface area contributed by atoms with Gasteiger partial charge in [0, 0.05) is 31.5 Å². The minimum Gasteiger partial charge on any atom is -0.461 e. The number of fused-ring (bicyclic) bond motifs is 2. The molecule has 4 aliphatic rings. The lowest BCUT2D eigenvalue weighted by Gasteiger charge is -2.35. The van der Waals surface area contributed by atoms with Crippen molar-refractivity contribution < 1.29 is 24.2 Å². The number of likely N-dealkylation sites (tertiary alicyclic amines) is 1. The second kappa shape index (κ2) is 9.36. The lowest BCUT2D eigenvalue weighted by molar-refractivity contribution is -0.151. The van der Waals surface area contributed by atoms with Crippen LogP contribution in [0.3, 0.4) is 0 Å². The standard InChI is InChI=1S/C23H32N2O5S/c1-2-3-4-11-24-12-8-10-23-18(17-16(31-23)9-7-15-30-22(17)29)20(27)25(13-5-6-14-26)19(23)21(24)28/h7-10,16-19,26H,2-6,11-15H2,1H3/t16-,17+,18-,19?,23-/m0/s1. The number of hydrogen-bond acceptors (Lipinski definition) is 6. The molecule has 0 bridgehead atoms. The van der Waals surface area contributed by atoms with Crippen molar-refractivity contribution in [2.75, 3.05) is 32.8 Å². The summed E-state index contributed by atoms with van der Waals surface area (Å²) in [6, 6.07) is -0.623. The molecule has 0 aromatic carbocycles. The van der Waals surface area contributed by atoms with E-state index in [0.29, 0.717) is 32.5 Å². The Hall–Kier alpha value is -1.80. The number of hydrogen-bond donors (Lipinski definition) is 1. The van der Waals surface area contributed by atoms with Gasteiger partial charge in [0.1, 0.15) is 12.6 Å². The third kappa shape index (κ3) is 3.82. The summed E-state index contributed by atoms with van der Waals surface area (Å²) in [6.45, 7) is 4.02. The zero-order chi connectivity index (χ0) is 22.0. The van der Waals surface area contributed by atoms with E-state index in [4.69, 9.17) is 4.74 Å². The molecule has 2 saturated heterocycles. The molecule has 7 nitrogen and oxygen atoms in total. The van der Waals surface area contributed by atoms with Crippen molar-refractivity contribution in [2.24, 2.45) is 11.8 Å². The van der Waals surface area contributed by atoms with Crippen LogP contribution in [0, 0.1) is 11.8 Å². The van der Waals surface area contributed by atoms with E-state index in [1.54, 1.807) is 16.7 Å². The molecule has 5 atom stereocenters. The second-order valence-electron chi connectivity index (χ2n) is 8.76. The van der Waals surface area contributed by atoms with Crippen LogP contribution >= 0.6 is 11.8 Å². The molecular formula is C23H32N2O5S. The maximum atomic E-state index is 13.8. The molecular weight excluding hydrogens is 416 g/mol. The number of cyclic esters (lactones) is 1. The topological polar surface area (TPSA) is 87.2 Å². The van der Waals surface area contributed by atoms with E-state index in [1.807, 2.05) is 29.2 Å². The number of carbonyl (C=O) groups is 3. The summed E-state index contributed by atoms with van der Waals surface area (Å²) in [4.78, 5) is 43.9. The molecule has 1 N–H and O–H groups in total. The van der Waals surface area contributed by atoms with E-state index in [0.717, 1.165) is 19.3 Å². The maximum Gasteiger partial charge on any atom is 0.311 e. The highest BCUT2D eigenvalue weighted by Crippen LogP contribution is 2.60. The zero-order valence-electron chi connectivity index (χ0n) is 18.1. The van der Waals surface area contributed by atoms with Crippen molar-refractivity contribution in [1.82, 2.24) is 9.80 Å². The summed E-state index contributed by atoms with van der Waals surface area (Å²) in [5, 5.41) is 9.04. The van der Waals surface area contributed by atoms with E-state index in [9.17, 15) is 19.5 Å². The van der Waals surface area contributed by atoms with Crippen LogP contribution < -0.4 is 0 Å². The van der Waals surface area contributed by atoms with Gasteiger partial charge in [-0.05, 0) is 19.3 Å². The number of ether oxygens (including phenoxy) is 1. The minimum absolute atomic E-state index is 0.0257. The molecule has 4 rings (SSSR count). The number of rotatable bonds is 8. The van der Waals surface area contributed by atoms with Crippen LogP contribution in [-0.4, -0.2) is 81.6 Å². The number of thioether (sulfide) groups is 1. The third-order valence-corrected chi connectivity index (χ3v) is 8.58. The van der Waals surface area contributed by atoms with Gasteiger partial charge >= 0.3 is 5.97 Å². The number of carbonyl (C=O) groups excluding carboxylic acids is 3. The lowest BCUT2D eigenvalue weighted by Crippen LogP contribution is -2.53. The van der Waals surface area contributed by atoms with E-state index < -0.39 is 22.6 Å². The molecule has 2 amide bonds. The van der Waals surface area contributed by atoms with Crippen LogP contribution in [0.5, 0.6) is 0 Å². The van der Waals surface area contributed by atoms with Gasteiger partial charge in [-0.2, -0.15) is 0 Å². The van der Waals surface area contributed by atoms with Crippen LogP contribution in [0.4, 0.5) is 0 Å². The first-order valence-electron chi connectivity index (χ1n) is 11.4. The highest BCUT2D eigenvalue weighted by atomic mass is 32.2. The lowest BCUT2D eigenvalue weighted by atomic mass is 9.78. The fraction of sp³-hybridized carbons (Fsp3) is 0.696. The Morgan fingerprint density at radius 2 is 1.94 bits per heavy atom. The van der Waals surface area contributed by atoms with Crippen molar-refractivity contribution >= 4 is 29.5 Å². The molecule has 170 valence electrons. The normalized spacial score (nSPS) is 34.3. The van der Waals surface area contributed by atoms with Crippen LogP contribution in [0.15, 0.2) is 24.3 Å². The largest absolute Gasteiger partial charge is 0.461 e. The average Bonchev–Trinajstić information content (AvgIpc) is 3.05. The molecule has 4 aliphatic heterocycles. The molecule has 0 aromatic heterocycles. The molecule has 1 spiro atoms. The predicted molar refractivity (Wildman–Crippen MR) is 118 cm³/mol. The van der Waals surface area contributed by atoms with Crippen LogP contribution in [-0.2, 0) is 19.1 Å². The van der Waals surface area contributed by atoms with E-state index in [-0.39, 0.29) is 36.2 Å². The smallest absolute Gasteiger partial charge is 0.311 e. The predicted octanol–water partition coefficient (Wildman–Crippen LogP) is 1.76. The molecule has 0 aromatic rings. The average molecular weight is 449 g/mol. The van der Waals surface area contributed by atoms with Crippen molar-refractivity contribution in [3.63, 3.8) is 0 Å². The van der Waals surface area contributed by atoms with Gasteiger partial charge in [0.15, 0.2) is 0 Å². The Balaban J connectivity index is 1.71. The molecule has 0 radical (unpaired) electrons. The van der Waals surface area contributed by atoms with Crippen LogP contribution in [0.1, 0.15) is 39.0 Å². The van der Waals surface area contributed by atoms with Crippen molar-refractivity contribution in [3.05, 3.63) is 24.3 Å². The summed E-state index contributed by atoms with van der Waals surface area (Å²) in [6.07, 6.45) is 12.1. The summed E-state index contributed by atoms with van der Waals surface area (Å²) in [7, 11) is 0. The second-order valence-corrected chi connectivity index (χ2v) is 10.2. The fourth-order valence-electron chi connectivity index (χ4n) is 5.40. The Labute approximate surface area is 187 Å². The van der Waals surface area contributed by atoms with Gasteiger partial charge in [0.25, 0.3) is 0 Å². The van der Waals surface area contributed by atoms with Gasteiger partial charge in [0.05, 0.1) is 16.6 Å². The van der Waals surface area contributed by atoms with Gasteiger partial charge in [-0.1, -0.05) is 44.1 Å². The van der Waals surface area contributed by atoms with Crippen molar-refractivity contribution in [3.8, 4) is 0 Å². The minimum atomic E-state index is -0.761. The van der Waals surface area contributed by atoms with Gasteiger partial charge in [-0.25, -0.2) is 0 Å². The number of nitrogens with zero attached hydrogens (tertiary/aromatic N) is 2. The number of aliphatic hydroxyl groups excluding tert-OH is 1. The summed E-state index contributed by atoms with van der Waals surface area (Å²) in [5.41, 5.74) is 0. The van der Waals surface area contributed by atoms with Crippen LogP contribution in [0.25, 0.3) is 0 Å². The van der Waals surface area contributed by atoms with Crippen molar-refractivity contribution in [1.29, 1.82) is 0 Å². The molecule has 4 heterocycles. The summed E-state index contributed by atoms with van der Waals surface area (Å²) < 4.78 is 4.60. The Morgan fingerprint density at radius 1 is 1.13 bits per heavy atom. The molecule has 0 aliphatic carbocycles. The Bertz CT molecular complexity index is 784. The first kappa shape index (κ1) is 22.4. The van der Waals surface area contributed by atoms with Gasteiger partial charge < -0.3 is 19.6 Å². The number of aliphatic hydroxyl groups is 1. The highest BCUT2D eigenvalue weighted by molar-refractivity contribution is 8.02. The van der Waals surface area contributed by atoms with Crippen LogP contribution in [0.2, 0.25) is 0 Å². The van der Waals surface area contributed by atoms with E-state index in [1.165, 1.54) is 0 Å². The van der Waals surface area contributed by atoms with Gasteiger partial charge in [0.2, 0.25) is 11.8 Å². The van der Waals surface area contributed by atoms with Gasteiger partial charge in [-0.3, -0.25) is 14.4 Å². The fourth-order valence-corrected chi connectivity index (χ4v) is 7.41. The van der Waals surface area contributed by atoms with E-state index >= 15 is 0 Å². The van der Waals surface area contributed by atoms with Gasteiger partial charge in [-0.15, -0.1) is 11.8 Å². The van der Waals surface area contributed by atoms with E-state index in [2.05, 4.69) is 6.92 Å². The number of esters is 1. The Morgan fingerprint density at radius 3 is 2.71 bits per heavy atom. The first-order valence-corrected chi connectivity index (χ1v) is 12.3. The molecule has 8 heteroatoms. The third-order valence-electron chi connectivity index (χ3n) is 6.84. The Kier molecular flexibility index (Phi) is 6.77. The first-order chi connectivity index (χ1) is 15.0. The molecule has 31 heavy (non-hydrogen) atoms. The number of unbranched alkanes of at least 4 members (excludes halogenated alkanes) is 3. The molecule has 2 fully saturated rings. The molecule has 0 saturated carbocycles. The monoisotopic (exact) mass is 448 g/mol. The maximum absolute atomic E-state index is 13.8. The highest BCUT2D eigenvalue weighted by Gasteiger charge is 2.70. The van der Waals surface area contributed by atoms with Crippen molar-refractivity contribution in [2.45, 2.75) is 55.1 Å². The zero-order valence-corrected chi connectivity index (χ0v) is 18.9. The SMILES string of the molecule is CCCCCN1CC=C[C@]23S[C@H]4C=CCOC(=O)[C@H]4[C@H]2C(=O)N(CCCCO)C3C1=O. The number of amides is 2. The summed E-state index contributed by atoms with van der Waals surface area (Å²) in [5.74, 6) is -1.69. The summed E-state index contributed by atoms with van der Waals surface area (Å²) >= 11 is 1.57. The molecule has 1 unspecified atom stereocenters.